The molecule has 3 nitrogen and oxygen atoms in total. The maximum atomic E-state index is 9.59. The lowest BCUT2D eigenvalue weighted by atomic mass is 10.1. The van der Waals surface area contributed by atoms with Crippen LogP contribution in [-0.4, -0.2) is 14.9 Å². The van der Waals surface area contributed by atoms with Crippen LogP contribution in [0, 0.1) is 11.8 Å². The largest absolute Gasteiger partial charge is 0.493 e. The van der Waals surface area contributed by atoms with Gasteiger partial charge in [-0.3, -0.25) is 0 Å². The van der Waals surface area contributed by atoms with Crippen molar-refractivity contribution < 1.29 is 5.11 Å². The summed E-state index contributed by atoms with van der Waals surface area (Å²) in [5, 5.41) is 14.0. The van der Waals surface area contributed by atoms with Gasteiger partial charge >= 0.3 is 0 Å². The monoisotopic (exact) mass is 196 g/mol. The van der Waals surface area contributed by atoms with E-state index in [9.17, 15) is 5.11 Å². The lowest BCUT2D eigenvalue weighted by Crippen LogP contribution is -2.06. The third kappa shape index (κ3) is 3.05. The fourth-order valence-electron chi connectivity index (χ4n) is 1.46. The van der Waals surface area contributed by atoms with Crippen molar-refractivity contribution in [3.8, 4) is 5.88 Å². The third-order valence-corrected chi connectivity index (χ3v) is 1.96. The average molecular weight is 196 g/mol. The van der Waals surface area contributed by atoms with Crippen molar-refractivity contribution in [3.05, 3.63) is 11.8 Å². The summed E-state index contributed by atoms with van der Waals surface area (Å²) in [6.07, 6.45) is 0.929. The standard InChI is InChI=1S/C11H20N2O/c1-8(2)5-10-6-11(14)13(12-10)7-9(3)4/h6,8-9,14H,5,7H2,1-4H3. The van der Waals surface area contributed by atoms with Gasteiger partial charge in [0.1, 0.15) is 0 Å². The van der Waals surface area contributed by atoms with Crippen LogP contribution in [-0.2, 0) is 13.0 Å². The average Bonchev–Trinajstić information content (AvgIpc) is 2.28. The fraction of sp³-hybridized carbons (Fsp3) is 0.727. The van der Waals surface area contributed by atoms with E-state index in [1.54, 1.807) is 10.7 Å². The molecular formula is C11H20N2O. The Labute approximate surface area is 85.8 Å². The Hall–Kier alpha value is -0.990. The Morgan fingerprint density at radius 3 is 2.43 bits per heavy atom. The molecule has 0 aromatic carbocycles. The zero-order chi connectivity index (χ0) is 10.7. The normalized spacial score (nSPS) is 11.6. The number of aromatic nitrogens is 2. The van der Waals surface area contributed by atoms with Gasteiger partial charge in [-0.1, -0.05) is 27.7 Å². The highest BCUT2D eigenvalue weighted by Crippen LogP contribution is 2.15. The van der Waals surface area contributed by atoms with Crippen LogP contribution in [0.25, 0.3) is 0 Å². The van der Waals surface area contributed by atoms with Crippen LogP contribution >= 0.6 is 0 Å². The summed E-state index contributed by atoms with van der Waals surface area (Å²) in [6, 6.07) is 1.77. The summed E-state index contributed by atoms with van der Waals surface area (Å²) < 4.78 is 1.68. The maximum Gasteiger partial charge on any atom is 0.209 e. The molecule has 0 saturated carbocycles. The summed E-state index contributed by atoms with van der Waals surface area (Å²) in [5.41, 5.74) is 0.984. The summed E-state index contributed by atoms with van der Waals surface area (Å²) >= 11 is 0. The summed E-state index contributed by atoms with van der Waals surface area (Å²) in [6.45, 7) is 9.31. The molecule has 0 spiro atoms. The van der Waals surface area contributed by atoms with Crippen LogP contribution in [0.15, 0.2) is 6.07 Å². The molecule has 0 aliphatic heterocycles. The van der Waals surface area contributed by atoms with E-state index in [2.05, 4.69) is 32.8 Å². The third-order valence-electron chi connectivity index (χ3n) is 1.96. The topological polar surface area (TPSA) is 38.0 Å². The van der Waals surface area contributed by atoms with E-state index in [-0.39, 0.29) is 5.88 Å². The van der Waals surface area contributed by atoms with Gasteiger partial charge in [0.05, 0.1) is 5.69 Å². The van der Waals surface area contributed by atoms with E-state index in [0.29, 0.717) is 11.8 Å². The molecule has 0 aliphatic carbocycles. The van der Waals surface area contributed by atoms with Crippen molar-refractivity contribution in [1.29, 1.82) is 0 Å². The van der Waals surface area contributed by atoms with Crippen LogP contribution in [0.4, 0.5) is 0 Å². The second-order valence-electron chi connectivity index (χ2n) is 4.67. The first-order chi connectivity index (χ1) is 6.49. The molecule has 1 aromatic rings. The number of hydrogen-bond acceptors (Lipinski definition) is 2. The highest BCUT2D eigenvalue weighted by atomic mass is 16.3. The van der Waals surface area contributed by atoms with Crippen LogP contribution < -0.4 is 0 Å². The van der Waals surface area contributed by atoms with Gasteiger partial charge < -0.3 is 5.11 Å². The van der Waals surface area contributed by atoms with E-state index in [1.165, 1.54) is 0 Å². The van der Waals surface area contributed by atoms with E-state index >= 15 is 0 Å². The molecule has 0 amide bonds. The second kappa shape index (κ2) is 4.49. The predicted octanol–water partition coefficient (Wildman–Crippen LogP) is 2.44. The zero-order valence-corrected chi connectivity index (χ0v) is 9.49. The van der Waals surface area contributed by atoms with Crippen molar-refractivity contribution in [2.45, 2.75) is 40.7 Å². The minimum absolute atomic E-state index is 0.286. The molecule has 1 rings (SSSR count). The van der Waals surface area contributed by atoms with Gasteiger partial charge in [-0.25, -0.2) is 4.68 Å². The summed E-state index contributed by atoms with van der Waals surface area (Å²) in [5.74, 6) is 1.37. The quantitative estimate of drug-likeness (QED) is 0.803. The smallest absolute Gasteiger partial charge is 0.209 e. The number of nitrogens with zero attached hydrogens (tertiary/aromatic N) is 2. The summed E-state index contributed by atoms with van der Waals surface area (Å²) in [4.78, 5) is 0. The Kier molecular flexibility index (Phi) is 3.55. The fourth-order valence-corrected chi connectivity index (χ4v) is 1.46. The molecule has 0 bridgehead atoms. The molecule has 0 fully saturated rings. The van der Waals surface area contributed by atoms with Gasteiger partial charge in [0.15, 0.2) is 0 Å². The molecular weight excluding hydrogens is 176 g/mol. The molecule has 0 unspecified atom stereocenters. The number of rotatable bonds is 4. The van der Waals surface area contributed by atoms with E-state index in [1.807, 2.05) is 0 Å². The van der Waals surface area contributed by atoms with Crippen LogP contribution in [0.5, 0.6) is 5.88 Å². The summed E-state index contributed by atoms with van der Waals surface area (Å²) in [7, 11) is 0. The minimum atomic E-state index is 0.286. The maximum absolute atomic E-state index is 9.59. The molecule has 0 atom stereocenters. The Bertz CT molecular complexity index is 289. The second-order valence-corrected chi connectivity index (χ2v) is 4.67. The van der Waals surface area contributed by atoms with Crippen molar-refractivity contribution in [2.75, 3.05) is 0 Å². The lowest BCUT2D eigenvalue weighted by Gasteiger charge is -2.05. The van der Waals surface area contributed by atoms with E-state index in [0.717, 1.165) is 18.7 Å². The van der Waals surface area contributed by atoms with Gasteiger partial charge in [-0.2, -0.15) is 5.10 Å². The van der Waals surface area contributed by atoms with Gasteiger partial charge in [0.25, 0.3) is 0 Å². The molecule has 1 heterocycles. The minimum Gasteiger partial charge on any atom is -0.493 e. The first kappa shape index (κ1) is 11.1. The SMILES string of the molecule is CC(C)Cc1cc(O)n(CC(C)C)n1. The van der Waals surface area contributed by atoms with Gasteiger partial charge in [0.2, 0.25) is 5.88 Å². The molecule has 3 heteroatoms. The zero-order valence-electron chi connectivity index (χ0n) is 9.49. The number of hydrogen-bond donors (Lipinski definition) is 1. The Morgan fingerprint density at radius 1 is 1.29 bits per heavy atom. The van der Waals surface area contributed by atoms with Crippen LogP contribution in [0.1, 0.15) is 33.4 Å². The molecule has 0 radical (unpaired) electrons. The predicted molar refractivity (Wildman–Crippen MR) is 57.3 cm³/mol. The van der Waals surface area contributed by atoms with E-state index in [4.69, 9.17) is 0 Å². The van der Waals surface area contributed by atoms with Crippen LogP contribution in [0.3, 0.4) is 0 Å². The molecule has 14 heavy (non-hydrogen) atoms. The number of aromatic hydroxyl groups is 1. The first-order valence-electron chi connectivity index (χ1n) is 5.24. The highest BCUT2D eigenvalue weighted by Gasteiger charge is 2.08. The Balaban J connectivity index is 2.72. The lowest BCUT2D eigenvalue weighted by molar-refractivity contribution is 0.371. The van der Waals surface area contributed by atoms with Gasteiger partial charge in [0, 0.05) is 12.6 Å². The molecule has 1 aromatic heterocycles. The van der Waals surface area contributed by atoms with Crippen molar-refractivity contribution in [1.82, 2.24) is 9.78 Å². The van der Waals surface area contributed by atoms with Crippen LogP contribution in [0.2, 0.25) is 0 Å². The van der Waals surface area contributed by atoms with Gasteiger partial charge in [-0.05, 0) is 18.3 Å². The van der Waals surface area contributed by atoms with Crippen molar-refractivity contribution in [2.24, 2.45) is 11.8 Å². The first-order valence-corrected chi connectivity index (χ1v) is 5.24. The molecule has 80 valence electrons. The molecule has 1 N–H and O–H groups in total. The highest BCUT2D eigenvalue weighted by molar-refractivity contribution is 5.14. The Morgan fingerprint density at radius 2 is 1.93 bits per heavy atom. The molecule has 0 saturated heterocycles. The van der Waals surface area contributed by atoms with E-state index < -0.39 is 0 Å². The van der Waals surface area contributed by atoms with Gasteiger partial charge in [-0.15, -0.1) is 0 Å². The molecule has 0 aliphatic rings. The van der Waals surface area contributed by atoms with Crippen molar-refractivity contribution in [3.63, 3.8) is 0 Å². The van der Waals surface area contributed by atoms with Crippen molar-refractivity contribution >= 4 is 0 Å².